The van der Waals surface area contributed by atoms with Crippen molar-refractivity contribution in [3.63, 3.8) is 0 Å². The Hall–Kier alpha value is -3.93. The van der Waals surface area contributed by atoms with Crippen molar-refractivity contribution in [1.82, 2.24) is 5.32 Å². The average molecular weight is 431 g/mol. The Bertz CT molecular complexity index is 1140. The van der Waals surface area contributed by atoms with Crippen LogP contribution in [0.2, 0.25) is 0 Å². The van der Waals surface area contributed by atoms with Gasteiger partial charge in [-0.15, -0.1) is 0 Å². The fourth-order valence-corrected chi connectivity index (χ4v) is 4.16. The van der Waals surface area contributed by atoms with Gasteiger partial charge in [0.1, 0.15) is 0 Å². The molecule has 3 rings (SSSR count). The molecule has 0 saturated carbocycles. The molecule has 3 N–H and O–H groups in total. The lowest BCUT2D eigenvalue weighted by atomic mass is 9.70. The number of benzene rings is 3. The van der Waals surface area contributed by atoms with Crippen molar-refractivity contribution in [3.8, 4) is 0 Å². The molecule has 32 heavy (non-hydrogen) atoms. The number of hydrogen-bond acceptors (Lipinski definition) is 3. The number of aryl methyl sites for hydroxylation is 2. The van der Waals surface area contributed by atoms with E-state index in [-0.39, 0.29) is 5.56 Å². The van der Waals surface area contributed by atoms with E-state index in [1.54, 1.807) is 92.7 Å². The molecule has 0 saturated heterocycles. The number of carbonyl (C=O) groups is 3. The van der Waals surface area contributed by atoms with Crippen LogP contribution in [-0.2, 0) is 15.1 Å². The molecule has 0 aliphatic rings. The van der Waals surface area contributed by atoms with E-state index in [9.17, 15) is 24.6 Å². The van der Waals surface area contributed by atoms with E-state index >= 15 is 0 Å². The molecule has 0 fully saturated rings. The van der Waals surface area contributed by atoms with Gasteiger partial charge in [-0.3, -0.25) is 9.59 Å². The Morgan fingerprint density at radius 1 is 0.812 bits per heavy atom. The molecule has 0 aliphatic heterocycles. The van der Waals surface area contributed by atoms with Crippen molar-refractivity contribution in [2.24, 2.45) is 0 Å². The molecular formula is C26H25NO5. The third-order valence-electron chi connectivity index (χ3n) is 5.72. The molecule has 0 aromatic heterocycles. The smallest absolute Gasteiger partial charge is 0.334 e. The molecule has 0 radical (unpaired) electrons. The minimum absolute atomic E-state index is 0.283. The monoisotopic (exact) mass is 431 g/mol. The lowest BCUT2D eigenvalue weighted by molar-refractivity contribution is -0.147. The fourth-order valence-electron chi connectivity index (χ4n) is 4.16. The van der Waals surface area contributed by atoms with Gasteiger partial charge < -0.3 is 15.5 Å². The maximum atomic E-state index is 13.2. The van der Waals surface area contributed by atoms with Crippen LogP contribution in [0.3, 0.4) is 0 Å². The number of rotatable bonds is 8. The molecular weight excluding hydrogens is 406 g/mol. The van der Waals surface area contributed by atoms with E-state index in [1.807, 2.05) is 0 Å². The van der Waals surface area contributed by atoms with E-state index in [2.05, 4.69) is 5.32 Å². The van der Waals surface area contributed by atoms with Crippen molar-refractivity contribution < 1.29 is 24.6 Å². The lowest BCUT2D eigenvalue weighted by Gasteiger charge is -2.39. The molecule has 0 heterocycles. The van der Waals surface area contributed by atoms with Crippen molar-refractivity contribution in [1.29, 1.82) is 0 Å². The van der Waals surface area contributed by atoms with Crippen molar-refractivity contribution >= 4 is 17.8 Å². The number of carboxylic acids is 2. The summed E-state index contributed by atoms with van der Waals surface area (Å²) in [4.78, 5) is 38.2. The standard InChI is InChI=1S/C26H25NO5/c1-17-10-6-8-14-20(17)22(16-23(28)29)26(25(31)32,21-15-9-7-11-18(21)2)27-24(30)19-12-4-3-5-13-19/h3-15,22H,16H2,1-2H3,(H,27,30)(H,28,29)(H,31,32). The first-order chi connectivity index (χ1) is 15.3. The molecule has 2 unspecified atom stereocenters. The van der Waals surface area contributed by atoms with Crippen molar-refractivity contribution in [3.05, 3.63) is 107 Å². The second-order valence-electron chi connectivity index (χ2n) is 7.76. The first-order valence-corrected chi connectivity index (χ1v) is 10.2. The van der Waals surface area contributed by atoms with E-state index in [1.165, 1.54) is 0 Å². The Morgan fingerprint density at radius 2 is 1.38 bits per heavy atom. The van der Waals surface area contributed by atoms with Gasteiger partial charge in [0.05, 0.1) is 6.42 Å². The summed E-state index contributed by atoms with van der Waals surface area (Å²) >= 11 is 0. The van der Waals surface area contributed by atoms with Crippen LogP contribution in [0.5, 0.6) is 0 Å². The molecule has 1 amide bonds. The summed E-state index contributed by atoms with van der Waals surface area (Å²) in [5.74, 6) is -4.15. The van der Waals surface area contributed by atoms with Crippen LogP contribution in [0.1, 0.15) is 45.0 Å². The number of hydrogen-bond donors (Lipinski definition) is 3. The zero-order valence-electron chi connectivity index (χ0n) is 17.9. The van der Waals surface area contributed by atoms with Gasteiger partial charge in [-0.2, -0.15) is 0 Å². The molecule has 3 aromatic carbocycles. The molecule has 0 spiro atoms. The summed E-state index contributed by atoms with van der Waals surface area (Å²) in [5.41, 5.74) is 0.535. The van der Waals surface area contributed by atoms with Crippen LogP contribution in [0.25, 0.3) is 0 Å². The van der Waals surface area contributed by atoms with Gasteiger partial charge in [0.25, 0.3) is 5.91 Å². The number of nitrogens with one attached hydrogen (secondary N) is 1. The Labute approximate surface area is 186 Å². The zero-order chi connectivity index (χ0) is 23.3. The van der Waals surface area contributed by atoms with Crippen LogP contribution < -0.4 is 5.32 Å². The Kier molecular flexibility index (Phi) is 6.73. The Balaban J connectivity index is 2.31. The normalized spacial score (nSPS) is 13.6. The summed E-state index contributed by atoms with van der Waals surface area (Å²) in [5, 5.41) is 23.1. The summed E-state index contributed by atoms with van der Waals surface area (Å²) in [7, 11) is 0. The predicted molar refractivity (Wildman–Crippen MR) is 121 cm³/mol. The number of amides is 1. The first kappa shape index (κ1) is 22.7. The SMILES string of the molecule is Cc1ccccc1C(CC(=O)O)C(NC(=O)c1ccccc1)(C(=O)O)c1ccccc1C. The predicted octanol–water partition coefficient (Wildman–Crippen LogP) is 4.27. The highest BCUT2D eigenvalue weighted by atomic mass is 16.4. The molecule has 3 aromatic rings. The highest BCUT2D eigenvalue weighted by molar-refractivity contribution is 5.99. The third-order valence-corrected chi connectivity index (χ3v) is 5.72. The van der Waals surface area contributed by atoms with E-state index in [0.29, 0.717) is 16.7 Å². The van der Waals surface area contributed by atoms with E-state index in [4.69, 9.17) is 0 Å². The van der Waals surface area contributed by atoms with Crippen LogP contribution in [-0.4, -0.2) is 28.1 Å². The zero-order valence-corrected chi connectivity index (χ0v) is 17.9. The number of aliphatic carboxylic acids is 2. The largest absolute Gasteiger partial charge is 0.481 e. The molecule has 0 aliphatic carbocycles. The van der Waals surface area contributed by atoms with Crippen LogP contribution >= 0.6 is 0 Å². The maximum Gasteiger partial charge on any atom is 0.334 e. The first-order valence-electron chi connectivity index (χ1n) is 10.2. The molecule has 6 nitrogen and oxygen atoms in total. The van der Waals surface area contributed by atoms with Crippen molar-refractivity contribution in [2.75, 3.05) is 0 Å². The van der Waals surface area contributed by atoms with E-state index in [0.717, 1.165) is 5.56 Å². The van der Waals surface area contributed by atoms with Crippen LogP contribution in [0, 0.1) is 13.8 Å². The van der Waals surface area contributed by atoms with Gasteiger partial charge in [0.15, 0.2) is 5.54 Å². The second kappa shape index (κ2) is 9.47. The van der Waals surface area contributed by atoms with Gasteiger partial charge in [-0.25, -0.2) is 4.79 Å². The van der Waals surface area contributed by atoms with Gasteiger partial charge in [0, 0.05) is 11.5 Å². The minimum atomic E-state index is -2.01. The van der Waals surface area contributed by atoms with Gasteiger partial charge in [0.2, 0.25) is 0 Å². The second-order valence-corrected chi connectivity index (χ2v) is 7.76. The minimum Gasteiger partial charge on any atom is -0.481 e. The van der Waals surface area contributed by atoms with Gasteiger partial charge in [-0.1, -0.05) is 66.7 Å². The summed E-state index contributed by atoms with van der Waals surface area (Å²) < 4.78 is 0. The summed E-state index contributed by atoms with van der Waals surface area (Å²) in [6.07, 6.45) is -0.486. The number of carboxylic acid groups (broad SMARTS) is 2. The van der Waals surface area contributed by atoms with Crippen molar-refractivity contribution in [2.45, 2.75) is 31.7 Å². The molecule has 6 heteroatoms. The number of carbonyl (C=O) groups excluding carboxylic acids is 1. The highest BCUT2D eigenvalue weighted by Gasteiger charge is 2.51. The van der Waals surface area contributed by atoms with Crippen LogP contribution in [0.15, 0.2) is 78.9 Å². The topological polar surface area (TPSA) is 104 Å². The van der Waals surface area contributed by atoms with Gasteiger partial charge >= 0.3 is 11.9 Å². The van der Waals surface area contributed by atoms with Crippen LogP contribution in [0.4, 0.5) is 0 Å². The third kappa shape index (κ3) is 4.39. The maximum absolute atomic E-state index is 13.2. The molecule has 164 valence electrons. The highest BCUT2D eigenvalue weighted by Crippen LogP contribution is 2.42. The fraction of sp³-hybridized carbons (Fsp3) is 0.192. The quantitative estimate of drug-likeness (QED) is 0.494. The molecule has 2 atom stereocenters. The molecule has 0 bridgehead atoms. The average Bonchev–Trinajstić information content (AvgIpc) is 2.77. The summed E-state index contributed by atoms with van der Waals surface area (Å²) in [6, 6.07) is 22.2. The Morgan fingerprint density at radius 3 is 1.94 bits per heavy atom. The van der Waals surface area contributed by atoms with Gasteiger partial charge in [-0.05, 0) is 48.2 Å². The lowest BCUT2D eigenvalue weighted by Crippen LogP contribution is -2.56. The van der Waals surface area contributed by atoms with E-state index < -0.39 is 35.7 Å². The summed E-state index contributed by atoms with van der Waals surface area (Å²) in [6.45, 7) is 3.55.